The zero-order valence-electron chi connectivity index (χ0n) is 16.0. The first kappa shape index (κ1) is 19.9. The molecule has 1 aliphatic rings. The van der Waals surface area contributed by atoms with Gasteiger partial charge in [-0.3, -0.25) is 4.79 Å². The van der Waals surface area contributed by atoms with Gasteiger partial charge in [0.25, 0.3) is 0 Å². The van der Waals surface area contributed by atoms with Crippen molar-refractivity contribution in [1.82, 2.24) is 4.90 Å². The Morgan fingerprint density at radius 1 is 1.14 bits per heavy atom. The first-order chi connectivity index (χ1) is 13.5. The number of benzene rings is 2. The molecule has 6 heteroatoms. The summed E-state index contributed by atoms with van der Waals surface area (Å²) in [6.07, 6.45) is 0.154. The van der Waals surface area contributed by atoms with Gasteiger partial charge in [-0.2, -0.15) is 0 Å². The summed E-state index contributed by atoms with van der Waals surface area (Å²) >= 11 is 0. The Hall–Kier alpha value is -2.86. The highest BCUT2D eigenvalue weighted by atomic mass is 16.4. The predicted molar refractivity (Wildman–Crippen MR) is 107 cm³/mol. The maximum absolute atomic E-state index is 12.8. The number of para-hydroxylation sites is 1. The van der Waals surface area contributed by atoms with E-state index in [0.29, 0.717) is 6.54 Å². The molecular weight excluding hydrogens is 356 g/mol. The zero-order chi connectivity index (χ0) is 20.1. The molecule has 1 saturated heterocycles. The van der Waals surface area contributed by atoms with Gasteiger partial charge in [0.05, 0.1) is 6.10 Å². The van der Waals surface area contributed by atoms with Gasteiger partial charge in [0.15, 0.2) is 0 Å². The molecule has 28 heavy (non-hydrogen) atoms. The van der Waals surface area contributed by atoms with E-state index >= 15 is 0 Å². The van der Waals surface area contributed by atoms with Crippen molar-refractivity contribution in [2.45, 2.75) is 32.3 Å². The fourth-order valence-corrected chi connectivity index (χ4v) is 3.82. The predicted octanol–water partition coefficient (Wildman–Crippen LogP) is 3.16. The highest BCUT2D eigenvalue weighted by Crippen LogP contribution is 2.35. The molecule has 2 aromatic carbocycles. The van der Waals surface area contributed by atoms with Crippen LogP contribution in [0.25, 0.3) is 0 Å². The number of nitrogens with one attached hydrogen (secondary N) is 1. The van der Waals surface area contributed by atoms with Crippen LogP contribution in [-0.2, 0) is 17.6 Å². The van der Waals surface area contributed by atoms with Crippen molar-refractivity contribution < 1.29 is 19.8 Å². The van der Waals surface area contributed by atoms with Crippen molar-refractivity contribution >= 4 is 17.7 Å². The number of anilines is 1. The van der Waals surface area contributed by atoms with Crippen LogP contribution >= 0.6 is 0 Å². The average Bonchev–Trinajstić information content (AvgIpc) is 2.70. The van der Waals surface area contributed by atoms with Crippen molar-refractivity contribution in [2.75, 3.05) is 18.4 Å². The quantitative estimate of drug-likeness (QED) is 0.741. The van der Waals surface area contributed by atoms with Gasteiger partial charge in [-0.15, -0.1) is 0 Å². The number of aryl methyl sites for hydroxylation is 1. The number of aliphatic carboxylic acids is 1. The van der Waals surface area contributed by atoms with Crippen molar-refractivity contribution in [3.63, 3.8) is 0 Å². The Morgan fingerprint density at radius 2 is 1.82 bits per heavy atom. The van der Waals surface area contributed by atoms with E-state index in [9.17, 15) is 19.8 Å². The van der Waals surface area contributed by atoms with Crippen molar-refractivity contribution in [1.29, 1.82) is 0 Å². The lowest BCUT2D eigenvalue weighted by atomic mass is 9.73. The number of carbonyl (C=O) groups excluding carboxylic acids is 1. The minimum Gasteiger partial charge on any atom is -0.481 e. The molecule has 0 aromatic heterocycles. The number of carbonyl (C=O) groups is 2. The van der Waals surface area contributed by atoms with E-state index in [1.54, 1.807) is 0 Å². The van der Waals surface area contributed by atoms with Gasteiger partial charge in [-0.1, -0.05) is 55.5 Å². The van der Waals surface area contributed by atoms with E-state index in [2.05, 4.69) is 5.32 Å². The lowest BCUT2D eigenvalue weighted by Gasteiger charge is -2.43. The molecule has 148 valence electrons. The number of rotatable bonds is 5. The number of nitrogens with zero attached hydrogens (tertiary/aromatic N) is 1. The smallest absolute Gasteiger partial charge is 0.321 e. The largest absolute Gasteiger partial charge is 0.481 e. The Kier molecular flexibility index (Phi) is 5.99. The summed E-state index contributed by atoms with van der Waals surface area (Å²) in [5.41, 5.74) is 1.13. The summed E-state index contributed by atoms with van der Waals surface area (Å²) in [6, 6.07) is 16.4. The van der Waals surface area contributed by atoms with Gasteiger partial charge < -0.3 is 20.4 Å². The molecular formula is C22H26N2O4. The van der Waals surface area contributed by atoms with E-state index in [-0.39, 0.29) is 25.4 Å². The molecule has 1 fully saturated rings. The molecule has 6 nitrogen and oxygen atoms in total. The third-order valence-electron chi connectivity index (χ3n) is 5.50. The minimum atomic E-state index is -1.43. The SMILES string of the molecule is CCc1ccccc1NC(=O)N1CC[C@@H](O)[C@](Cc2ccccc2)(C(=O)O)C1. The number of hydrogen-bond acceptors (Lipinski definition) is 3. The fourth-order valence-electron chi connectivity index (χ4n) is 3.82. The van der Waals surface area contributed by atoms with E-state index in [4.69, 9.17) is 0 Å². The van der Waals surface area contributed by atoms with E-state index in [1.165, 1.54) is 4.90 Å². The van der Waals surface area contributed by atoms with E-state index < -0.39 is 17.5 Å². The minimum absolute atomic E-state index is 0.0431. The van der Waals surface area contributed by atoms with Crippen LogP contribution in [0.2, 0.25) is 0 Å². The van der Waals surface area contributed by atoms with Gasteiger partial charge in [0.2, 0.25) is 0 Å². The fraction of sp³-hybridized carbons (Fsp3) is 0.364. The topological polar surface area (TPSA) is 89.9 Å². The maximum atomic E-state index is 12.8. The summed E-state index contributed by atoms with van der Waals surface area (Å²) in [6.45, 7) is 2.28. The van der Waals surface area contributed by atoms with Crippen LogP contribution in [0.5, 0.6) is 0 Å². The third-order valence-corrected chi connectivity index (χ3v) is 5.50. The lowest BCUT2D eigenvalue weighted by Crippen LogP contribution is -2.59. The molecule has 0 radical (unpaired) electrons. The maximum Gasteiger partial charge on any atom is 0.321 e. The molecule has 0 saturated carbocycles. The van der Waals surface area contributed by atoms with Crippen molar-refractivity contribution in [3.8, 4) is 0 Å². The summed E-state index contributed by atoms with van der Waals surface area (Å²) in [4.78, 5) is 26.5. The highest BCUT2D eigenvalue weighted by Gasteiger charge is 2.50. The number of carboxylic acids is 1. The Labute approximate surface area is 164 Å². The normalized spacial score (nSPS) is 21.9. The number of urea groups is 1. The van der Waals surface area contributed by atoms with Gasteiger partial charge in [-0.05, 0) is 36.5 Å². The van der Waals surface area contributed by atoms with Crippen LogP contribution in [-0.4, -0.2) is 46.3 Å². The van der Waals surface area contributed by atoms with Gasteiger partial charge >= 0.3 is 12.0 Å². The molecule has 0 spiro atoms. The number of aliphatic hydroxyl groups is 1. The second-order valence-corrected chi connectivity index (χ2v) is 7.29. The highest BCUT2D eigenvalue weighted by molar-refractivity contribution is 5.91. The van der Waals surface area contributed by atoms with Crippen LogP contribution in [0.15, 0.2) is 54.6 Å². The van der Waals surface area contributed by atoms with Crippen LogP contribution in [0, 0.1) is 5.41 Å². The summed E-state index contributed by atoms with van der Waals surface area (Å²) in [5.74, 6) is -1.09. The second kappa shape index (κ2) is 8.44. The van der Waals surface area contributed by atoms with Gasteiger partial charge in [0.1, 0.15) is 5.41 Å². The van der Waals surface area contributed by atoms with Gasteiger partial charge in [0, 0.05) is 18.8 Å². The number of aliphatic hydroxyl groups excluding tert-OH is 1. The number of amides is 2. The Morgan fingerprint density at radius 3 is 2.50 bits per heavy atom. The first-order valence-corrected chi connectivity index (χ1v) is 9.55. The average molecular weight is 382 g/mol. The number of carboxylic acid groups (broad SMARTS) is 1. The van der Waals surface area contributed by atoms with E-state index in [0.717, 1.165) is 23.2 Å². The molecule has 1 heterocycles. The van der Waals surface area contributed by atoms with Crippen molar-refractivity contribution in [2.24, 2.45) is 5.41 Å². The van der Waals surface area contributed by atoms with Crippen LogP contribution in [0.1, 0.15) is 24.5 Å². The first-order valence-electron chi connectivity index (χ1n) is 9.55. The molecule has 2 amide bonds. The monoisotopic (exact) mass is 382 g/mol. The zero-order valence-corrected chi connectivity index (χ0v) is 16.0. The molecule has 1 aliphatic heterocycles. The Bertz CT molecular complexity index is 839. The van der Waals surface area contributed by atoms with Crippen LogP contribution in [0.4, 0.5) is 10.5 Å². The molecule has 2 atom stereocenters. The molecule has 0 bridgehead atoms. The molecule has 3 N–H and O–H groups in total. The Balaban J connectivity index is 1.81. The van der Waals surface area contributed by atoms with E-state index in [1.807, 2.05) is 61.5 Å². The van der Waals surface area contributed by atoms with Crippen LogP contribution in [0.3, 0.4) is 0 Å². The standard InChI is InChI=1S/C22H26N2O4/c1-2-17-10-6-7-11-18(17)23-21(28)24-13-12-19(25)22(15-24,20(26)27)14-16-8-4-3-5-9-16/h3-11,19,25H,2,12-15H2,1H3,(H,23,28)(H,26,27)/t19-,22-/m1/s1. The molecule has 0 aliphatic carbocycles. The second-order valence-electron chi connectivity index (χ2n) is 7.29. The van der Waals surface area contributed by atoms with Crippen LogP contribution < -0.4 is 5.32 Å². The van der Waals surface area contributed by atoms with Gasteiger partial charge in [-0.25, -0.2) is 4.79 Å². The van der Waals surface area contributed by atoms with Crippen molar-refractivity contribution in [3.05, 3.63) is 65.7 Å². The molecule has 0 unspecified atom stereocenters. The number of hydrogen-bond donors (Lipinski definition) is 3. The lowest BCUT2D eigenvalue weighted by molar-refractivity contribution is -0.161. The summed E-state index contributed by atoms with van der Waals surface area (Å²) in [5, 5.41) is 23.5. The summed E-state index contributed by atoms with van der Waals surface area (Å²) in [7, 11) is 0. The third kappa shape index (κ3) is 4.02. The molecule has 2 aromatic rings. The summed E-state index contributed by atoms with van der Waals surface area (Å²) < 4.78 is 0. The molecule has 3 rings (SSSR count). The number of likely N-dealkylation sites (tertiary alicyclic amines) is 1. The number of piperidine rings is 1.